The summed E-state index contributed by atoms with van der Waals surface area (Å²) < 4.78 is 0. The van der Waals surface area contributed by atoms with Gasteiger partial charge < -0.3 is 4.98 Å². The Morgan fingerprint density at radius 2 is 2.67 bits per heavy atom. The van der Waals surface area contributed by atoms with E-state index < -0.39 is 5.91 Å². The molecule has 0 fully saturated rings. The summed E-state index contributed by atoms with van der Waals surface area (Å²) in [6.07, 6.45) is 3.02. The average molecular weight is 126 g/mol. The van der Waals surface area contributed by atoms with Crippen molar-refractivity contribution in [1.82, 2.24) is 15.4 Å². The molecule has 0 aliphatic heterocycles. The third kappa shape index (κ3) is 1.06. The van der Waals surface area contributed by atoms with Crippen molar-refractivity contribution in [2.75, 3.05) is 0 Å². The van der Waals surface area contributed by atoms with Gasteiger partial charge in [-0.2, -0.15) is 0 Å². The first-order chi connectivity index (χ1) is 4.34. The molecule has 1 aromatic heterocycles. The van der Waals surface area contributed by atoms with Crippen LogP contribution in [0.1, 0.15) is 10.6 Å². The number of aromatic nitrogens is 2. The molecule has 9 heavy (non-hydrogen) atoms. The third-order valence-corrected chi connectivity index (χ3v) is 0.844. The van der Waals surface area contributed by atoms with Gasteiger partial charge in [0.1, 0.15) is 0 Å². The number of imidazole rings is 1. The number of hydrogen-bond acceptors (Lipinski definition) is 3. The summed E-state index contributed by atoms with van der Waals surface area (Å²) in [4.78, 5) is 16.8. The number of nitrogens with two attached hydrogens (primary N) is 1. The molecule has 4 N–H and O–H groups in total. The first kappa shape index (κ1) is 5.77. The molecule has 0 bridgehead atoms. The van der Waals surface area contributed by atoms with Crippen molar-refractivity contribution in [2.45, 2.75) is 0 Å². The summed E-state index contributed by atoms with van der Waals surface area (Å²) in [5, 5.41) is 0. The number of nitrogen functional groups attached to an aromatic ring is 1. The van der Waals surface area contributed by atoms with Gasteiger partial charge in [0.25, 0.3) is 0 Å². The summed E-state index contributed by atoms with van der Waals surface area (Å²) in [7, 11) is 0. The SMILES string of the molecule is NNC(=O)c1ncc[nH]1. The number of amides is 1. The number of rotatable bonds is 1. The highest BCUT2D eigenvalue weighted by Gasteiger charge is 2.02. The third-order valence-electron chi connectivity index (χ3n) is 0.844. The van der Waals surface area contributed by atoms with Gasteiger partial charge in [-0.25, -0.2) is 10.8 Å². The molecule has 1 rings (SSSR count). The smallest absolute Gasteiger partial charge is 0.300 e. The van der Waals surface area contributed by atoms with E-state index in [1.165, 1.54) is 6.20 Å². The molecule has 5 heteroatoms. The lowest BCUT2D eigenvalue weighted by Crippen LogP contribution is -2.30. The molecule has 48 valence electrons. The molecule has 1 amide bonds. The predicted octanol–water partition coefficient (Wildman–Crippen LogP) is -0.987. The van der Waals surface area contributed by atoms with Crippen LogP contribution in [-0.2, 0) is 0 Å². The van der Waals surface area contributed by atoms with Crippen LogP contribution < -0.4 is 11.3 Å². The zero-order chi connectivity index (χ0) is 6.69. The zero-order valence-electron chi connectivity index (χ0n) is 4.59. The molecule has 5 nitrogen and oxygen atoms in total. The minimum Gasteiger partial charge on any atom is -0.340 e. The molecule has 0 spiro atoms. The monoisotopic (exact) mass is 126 g/mol. The Morgan fingerprint density at radius 3 is 3.11 bits per heavy atom. The van der Waals surface area contributed by atoms with Crippen molar-refractivity contribution < 1.29 is 4.79 Å². The van der Waals surface area contributed by atoms with E-state index in [1.807, 2.05) is 5.43 Å². The number of hydrazine groups is 1. The standard InChI is InChI=1S/C4H6N4O/c5-8-4(9)3-6-1-2-7-3/h1-2H,5H2,(H,6,7)(H,8,9). The molecule has 0 aliphatic carbocycles. The van der Waals surface area contributed by atoms with Gasteiger partial charge in [-0.15, -0.1) is 0 Å². The highest BCUT2D eigenvalue weighted by molar-refractivity contribution is 5.89. The molecule has 0 radical (unpaired) electrons. The maximum Gasteiger partial charge on any atom is 0.300 e. The Hall–Kier alpha value is -1.36. The van der Waals surface area contributed by atoms with E-state index in [4.69, 9.17) is 5.84 Å². The first-order valence-electron chi connectivity index (χ1n) is 2.35. The number of nitrogens with one attached hydrogen (secondary N) is 2. The van der Waals surface area contributed by atoms with Crippen LogP contribution >= 0.6 is 0 Å². The summed E-state index contributed by atoms with van der Waals surface area (Å²) >= 11 is 0. The van der Waals surface area contributed by atoms with Crippen LogP contribution in [0.25, 0.3) is 0 Å². The van der Waals surface area contributed by atoms with Crippen LogP contribution in [0.2, 0.25) is 0 Å². The van der Waals surface area contributed by atoms with Gasteiger partial charge in [0.05, 0.1) is 0 Å². The Balaban J connectivity index is 2.77. The average Bonchev–Trinajstić information content (AvgIpc) is 2.37. The van der Waals surface area contributed by atoms with E-state index in [-0.39, 0.29) is 5.82 Å². The molecule has 0 aliphatic rings. The van der Waals surface area contributed by atoms with Crippen molar-refractivity contribution in [3.8, 4) is 0 Å². The van der Waals surface area contributed by atoms with Crippen LogP contribution in [0.5, 0.6) is 0 Å². The van der Waals surface area contributed by atoms with Gasteiger partial charge >= 0.3 is 5.91 Å². The Morgan fingerprint density at radius 1 is 1.89 bits per heavy atom. The maximum atomic E-state index is 10.5. The highest BCUT2D eigenvalue weighted by Crippen LogP contribution is 1.84. The second-order valence-electron chi connectivity index (χ2n) is 1.41. The van der Waals surface area contributed by atoms with E-state index in [0.29, 0.717) is 0 Å². The fraction of sp³-hybridized carbons (Fsp3) is 0. The van der Waals surface area contributed by atoms with E-state index in [0.717, 1.165) is 0 Å². The summed E-state index contributed by atoms with van der Waals surface area (Å²) in [5.41, 5.74) is 1.93. The van der Waals surface area contributed by atoms with E-state index in [9.17, 15) is 4.79 Å². The molecule has 0 aromatic carbocycles. The number of aromatic amines is 1. The van der Waals surface area contributed by atoms with Gasteiger partial charge in [0.2, 0.25) is 0 Å². The maximum absolute atomic E-state index is 10.5. The van der Waals surface area contributed by atoms with Crippen molar-refractivity contribution in [1.29, 1.82) is 0 Å². The molecule has 0 saturated carbocycles. The van der Waals surface area contributed by atoms with Crippen LogP contribution in [-0.4, -0.2) is 15.9 Å². The largest absolute Gasteiger partial charge is 0.340 e. The van der Waals surface area contributed by atoms with Crippen molar-refractivity contribution >= 4 is 5.91 Å². The topological polar surface area (TPSA) is 83.8 Å². The van der Waals surface area contributed by atoms with Crippen molar-refractivity contribution in [2.24, 2.45) is 5.84 Å². The summed E-state index contributed by atoms with van der Waals surface area (Å²) in [6.45, 7) is 0. The number of carbonyl (C=O) groups is 1. The van der Waals surface area contributed by atoms with Gasteiger partial charge in [-0.1, -0.05) is 0 Å². The highest BCUT2D eigenvalue weighted by atomic mass is 16.2. The fourth-order valence-electron chi connectivity index (χ4n) is 0.458. The van der Waals surface area contributed by atoms with Crippen LogP contribution in [0.4, 0.5) is 0 Å². The lowest BCUT2D eigenvalue weighted by Gasteiger charge is -1.90. The van der Waals surface area contributed by atoms with Gasteiger partial charge in [0.15, 0.2) is 5.82 Å². The molecular weight excluding hydrogens is 120 g/mol. The lowest BCUT2D eigenvalue weighted by atomic mass is 10.6. The van der Waals surface area contributed by atoms with Crippen molar-refractivity contribution in [3.05, 3.63) is 18.2 Å². The summed E-state index contributed by atoms with van der Waals surface area (Å²) in [6, 6.07) is 0. The molecule has 1 aromatic rings. The molecule has 0 saturated heterocycles. The van der Waals surface area contributed by atoms with Gasteiger partial charge in [-0.3, -0.25) is 10.2 Å². The predicted molar refractivity (Wildman–Crippen MR) is 30.2 cm³/mol. The summed E-state index contributed by atoms with van der Waals surface area (Å²) in [5.74, 6) is 4.61. The number of H-pyrrole nitrogens is 1. The van der Waals surface area contributed by atoms with Crippen LogP contribution in [0.15, 0.2) is 12.4 Å². The number of carbonyl (C=O) groups excluding carboxylic acids is 1. The minimum absolute atomic E-state index is 0.220. The van der Waals surface area contributed by atoms with Gasteiger partial charge in [-0.05, 0) is 0 Å². The van der Waals surface area contributed by atoms with Crippen molar-refractivity contribution in [3.63, 3.8) is 0 Å². The lowest BCUT2D eigenvalue weighted by molar-refractivity contribution is 0.0944. The second-order valence-corrected chi connectivity index (χ2v) is 1.41. The minimum atomic E-state index is -0.417. The zero-order valence-corrected chi connectivity index (χ0v) is 4.59. The Bertz CT molecular complexity index is 192. The molecule has 1 heterocycles. The van der Waals surface area contributed by atoms with Crippen LogP contribution in [0.3, 0.4) is 0 Å². The molecule has 0 atom stereocenters. The van der Waals surface area contributed by atoms with E-state index >= 15 is 0 Å². The van der Waals surface area contributed by atoms with E-state index in [1.54, 1.807) is 6.20 Å². The van der Waals surface area contributed by atoms with Gasteiger partial charge in [0, 0.05) is 12.4 Å². The van der Waals surface area contributed by atoms with E-state index in [2.05, 4.69) is 9.97 Å². The Labute approximate surface area is 51.2 Å². The first-order valence-corrected chi connectivity index (χ1v) is 2.35. The normalized spacial score (nSPS) is 9.00. The molecule has 0 unspecified atom stereocenters. The second kappa shape index (κ2) is 2.27. The quantitative estimate of drug-likeness (QED) is 0.257. The van der Waals surface area contributed by atoms with Crippen LogP contribution in [0, 0.1) is 0 Å². The number of hydrogen-bond donors (Lipinski definition) is 3. The fourth-order valence-corrected chi connectivity index (χ4v) is 0.458. The number of nitrogens with zero attached hydrogens (tertiary/aromatic N) is 1. The molecular formula is C4H6N4O. The Kier molecular flexibility index (Phi) is 1.46.